The van der Waals surface area contributed by atoms with Crippen molar-refractivity contribution in [2.24, 2.45) is 4.40 Å². The summed E-state index contributed by atoms with van der Waals surface area (Å²) in [5.41, 5.74) is 0.645. The summed E-state index contributed by atoms with van der Waals surface area (Å²) in [6.07, 6.45) is 2.90. The normalized spacial score (nSPS) is 15.8. The highest BCUT2D eigenvalue weighted by atomic mass is 32.2. The van der Waals surface area contributed by atoms with Gasteiger partial charge >= 0.3 is 16.2 Å². The van der Waals surface area contributed by atoms with Gasteiger partial charge in [0.25, 0.3) is 0 Å². The third-order valence-electron chi connectivity index (χ3n) is 3.57. The number of nitrogens with zero attached hydrogens (tertiary/aromatic N) is 3. The number of benzene rings is 1. The van der Waals surface area contributed by atoms with E-state index in [1.54, 1.807) is 29.6 Å². The Morgan fingerprint density at radius 1 is 1.23 bits per heavy atom. The van der Waals surface area contributed by atoms with Gasteiger partial charge in [0.2, 0.25) is 0 Å². The van der Waals surface area contributed by atoms with E-state index in [0.29, 0.717) is 16.3 Å². The Labute approximate surface area is 154 Å². The van der Waals surface area contributed by atoms with Crippen LogP contribution >= 0.6 is 11.3 Å². The number of rotatable bonds is 5. The van der Waals surface area contributed by atoms with E-state index in [4.69, 9.17) is 9.47 Å². The molecule has 0 saturated carbocycles. The van der Waals surface area contributed by atoms with E-state index < -0.39 is 16.2 Å². The first kappa shape index (κ1) is 18.1. The SMILES string of the molecule is COC(=O)C1=CC(c2nccs2)=NS(=O)(=O)N1Cc1ccc(OC)cc1. The summed E-state index contributed by atoms with van der Waals surface area (Å²) in [5, 5.41) is 2.10. The van der Waals surface area contributed by atoms with Crippen LogP contribution in [-0.2, 0) is 26.3 Å². The lowest BCUT2D eigenvalue weighted by atomic mass is 10.2. The molecule has 0 aliphatic carbocycles. The molecule has 8 nitrogen and oxygen atoms in total. The number of hydrogen-bond acceptors (Lipinski definition) is 7. The van der Waals surface area contributed by atoms with Crippen LogP contribution in [0.4, 0.5) is 0 Å². The minimum atomic E-state index is -4.13. The Hall–Kier alpha value is -2.72. The Kier molecular flexibility index (Phi) is 5.05. The fourth-order valence-corrected chi connectivity index (χ4v) is 4.14. The summed E-state index contributed by atoms with van der Waals surface area (Å²) in [6, 6.07) is 6.84. The molecule has 0 fully saturated rings. The molecule has 3 rings (SSSR count). The minimum absolute atomic E-state index is 0.0675. The molecule has 0 spiro atoms. The zero-order valence-corrected chi connectivity index (χ0v) is 15.6. The molecule has 0 bridgehead atoms. The van der Waals surface area contributed by atoms with E-state index in [-0.39, 0.29) is 18.0 Å². The molecule has 1 aliphatic rings. The molecular formula is C16H15N3O5S2. The van der Waals surface area contributed by atoms with Gasteiger partial charge in [0.05, 0.1) is 20.8 Å². The minimum Gasteiger partial charge on any atom is -0.497 e. The first-order valence-corrected chi connectivity index (χ1v) is 9.67. The summed E-state index contributed by atoms with van der Waals surface area (Å²) >= 11 is 1.23. The molecule has 1 aromatic carbocycles. The van der Waals surface area contributed by atoms with Crippen LogP contribution in [0.5, 0.6) is 5.75 Å². The highest BCUT2D eigenvalue weighted by Gasteiger charge is 2.34. The fourth-order valence-electron chi connectivity index (χ4n) is 2.31. The molecule has 10 heteroatoms. The van der Waals surface area contributed by atoms with Crippen molar-refractivity contribution in [2.45, 2.75) is 6.54 Å². The van der Waals surface area contributed by atoms with Crippen LogP contribution in [0.2, 0.25) is 0 Å². The number of carbonyl (C=O) groups is 1. The lowest BCUT2D eigenvalue weighted by Crippen LogP contribution is -2.36. The number of methoxy groups -OCH3 is 2. The second-order valence-corrected chi connectivity index (χ2v) is 7.58. The van der Waals surface area contributed by atoms with Crippen molar-refractivity contribution in [1.82, 2.24) is 9.29 Å². The van der Waals surface area contributed by atoms with E-state index in [1.807, 2.05) is 0 Å². The van der Waals surface area contributed by atoms with Crippen molar-refractivity contribution in [1.29, 1.82) is 0 Å². The smallest absolute Gasteiger partial charge is 0.355 e. The van der Waals surface area contributed by atoms with Crippen LogP contribution in [-0.4, -0.2) is 43.6 Å². The Bertz CT molecular complexity index is 964. The second-order valence-electron chi connectivity index (χ2n) is 5.17. The molecule has 1 aliphatic heterocycles. The van der Waals surface area contributed by atoms with Gasteiger partial charge in [-0.15, -0.1) is 15.7 Å². The molecule has 0 amide bonds. The first-order chi connectivity index (χ1) is 12.4. The maximum absolute atomic E-state index is 12.7. The monoisotopic (exact) mass is 393 g/mol. The molecule has 2 aromatic rings. The molecule has 0 N–H and O–H groups in total. The number of carbonyl (C=O) groups excluding carboxylic acids is 1. The van der Waals surface area contributed by atoms with Crippen molar-refractivity contribution >= 4 is 33.2 Å². The van der Waals surface area contributed by atoms with Gasteiger partial charge in [-0.3, -0.25) is 0 Å². The molecule has 0 unspecified atom stereocenters. The summed E-state index contributed by atoms with van der Waals surface area (Å²) in [5.74, 6) is -0.130. The van der Waals surface area contributed by atoms with E-state index in [0.717, 1.165) is 4.31 Å². The van der Waals surface area contributed by atoms with Gasteiger partial charge in [0.1, 0.15) is 22.2 Å². The standard InChI is InChI=1S/C16H15N3O5S2/c1-23-12-5-3-11(4-6-12)10-19-14(16(20)24-2)9-13(18-26(19,21)22)15-17-7-8-25-15/h3-9H,10H2,1-2H3. The Balaban J connectivity index is 2.00. The number of thiazole rings is 1. The van der Waals surface area contributed by atoms with E-state index in [1.165, 1.54) is 37.8 Å². The summed E-state index contributed by atoms with van der Waals surface area (Å²) in [7, 11) is -1.40. The van der Waals surface area contributed by atoms with Crippen molar-refractivity contribution in [3.8, 4) is 5.75 Å². The van der Waals surface area contributed by atoms with E-state index in [2.05, 4.69) is 9.38 Å². The third-order valence-corrected chi connectivity index (χ3v) is 5.67. The van der Waals surface area contributed by atoms with Crippen molar-refractivity contribution in [3.63, 3.8) is 0 Å². The molecular weight excluding hydrogens is 378 g/mol. The average Bonchev–Trinajstić information content (AvgIpc) is 3.17. The van der Waals surface area contributed by atoms with Crippen LogP contribution < -0.4 is 4.74 Å². The lowest BCUT2D eigenvalue weighted by molar-refractivity contribution is -0.137. The highest BCUT2D eigenvalue weighted by molar-refractivity contribution is 7.88. The van der Waals surface area contributed by atoms with Crippen molar-refractivity contribution in [2.75, 3.05) is 14.2 Å². The Morgan fingerprint density at radius 2 is 1.96 bits per heavy atom. The quantitative estimate of drug-likeness (QED) is 0.718. The molecule has 1 aromatic heterocycles. The number of esters is 1. The van der Waals surface area contributed by atoms with E-state index in [9.17, 15) is 13.2 Å². The van der Waals surface area contributed by atoms with Gasteiger partial charge < -0.3 is 9.47 Å². The molecule has 0 radical (unpaired) electrons. The van der Waals surface area contributed by atoms with Gasteiger partial charge in [0.15, 0.2) is 0 Å². The number of ether oxygens (including phenoxy) is 2. The summed E-state index contributed by atoms with van der Waals surface area (Å²) in [6.45, 7) is -0.0675. The van der Waals surface area contributed by atoms with Crippen LogP contribution in [0.15, 0.2) is 52.0 Å². The highest BCUT2D eigenvalue weighted by Crippen LogP contribution is 2.25. The van der Waals surface area contributed by atoms with Crippen molar-refractivity contribution in [3.05, 3.63) is 58.2 Å². The second kappa shape index (κ2) is 7.26. The zero-order valence-electron chi connectivity index (χ0n) is 13.9. The maximum atomic E-state index is 12.7. The molecule has 26 heavy (non-hydrogen) atoms. The van der Waals surface area contributed by atoms with Crippen LogP contribution in [0.1, 0.15) is 10.6 Å². The van der Waals surface area contributed by atoms with Gasteiger partial charge in [-0.2, -0.15) is 8.42 Å². The molecule has 2 heterocycles. The van der Waals surface area contributed by atoms with Gasteiger partial charge in [-0.25, -0.2) is 14.1 Å². The maximum Gasteiger partial charge on any atom is 0.355 e. The lowest BCUT2D eigenvalue weighted by Gasteiger charge is -2.26. The predicted octanol–water partition coefficient (Wildman–Crippen LogP) is 1.76. The van der Waals surface area contributed by atoms with E-state index >= 15 is 0 Å². The first-order valence-electron chi connectivity index (χ1n) is 7.40. The number of hydrogen-bond donors (Lipinski definition) is 0. The van der Waals surface area contributed by atoms with Crippen LogP contribution in [0.3, 0.4) is 0 Å². The van der Waals surface area contributed by atoms with Crippen LogP contribution in [0, 0.1) is 0 Å². The molecule has 0 atom stereocenters. The number of aromatic nitrogens is 1. The predicted molar refractivity (Wildman–Crippen MR) is 96.2 cm³/mol. The zero-order chi connectivity index (χ0) is 18.7. The third kappa shape index (κ3) is 3.60. The van der Waals surface area contributed by atoms with Crippen LogP contribution in [0.25, 0.3) is 0 Å². The summed E-state index contributed by atoms with van der Waals surface area (Å²) in [4.78, 5) is 16.2. The molecule has 0 saturated heterocycles. The van der Waals surface area contributed by atoms with Gasteiger partial charge in [-0.1, -0.05) is 12.1 Å². The molecule has 136 valence electrons. The topological polar surface area (TPSA) is 98.2 Å². The fraction of sp³-hybridized carbons (Fsp3) is 0.188. The average molecular weight is 393 g/mol. The van der Waals surface area contributed by atoms with Crippen molar-refractivity contribution < 1.29 is 22.7 Å². The van der Waals surface area contributed by atoms with Gasteiger partial charge in [0, 0.05) is 11.6 Å². The largest absolute Gasteiger partial charge is 0.497 e. The Morgan fingerprint density at radius 3 is 2.54 bits per heavy atom. The summed E-state index contributed by atoms with van der Waals surface area (Å²) < 4.78 is 39.9. The van der Waals surface area contributed by atoms with Gasteiger partial charge in [-0.05, 0) is 23.8 Å². The number of allylic oxidation sites excluding steroid dienone is 1.